The van der Waals surface area contributed by atoms with Crippen molar-refractivity contribution >= 4 is 11.1 Å². The van der Waals surface area contributed by atoms with Crippen LogP contribution in [0.5, 0.6) is 0 Å². The maximum atomic E-state index is 5.71. The van der Waals surface area contributed by atoms with Gasteiger partial charge in [-0.3, -0.25) is 0 Å². The molecule has 2 nitrogen and oxygen atoms in total. The largest absolute Gasteiger partial charge is 0.440 e. The molecule has 2 aromatic rings. The first kappa shape index (κ1) is 10.2. The van der Waals surface area contributed by atoms with Crippen LogP contribution in [0.3, 0.4) is 0 Å². The molecule has 0 atom stereocenters. The first-order valence-corrected chi connectivity index (χ1v) is 5.49. The van der Waals surface area contributed by atoms with Gasteiger partial charge < -0.3 is 4.42 Å². The predicted octanol–water partition coefficient (Wildman–Crippen LogP) is 4.07. The van der Waals surface area contributed by atoms with Gasteiger partial charge in [-0.05, 0) is 17.5 Å². The second-order valence-corrected chi connectivity index (χ2v) is 4.56. The highest BCUT2D eigenvalue weighted by Crippen LogP contribution is 2.27. The van der Waals surface area contributed by atoms with Crippen LogP contribution in [-0.2, 0) is 0 Å². The highest BCUT2D eigenvalue weighted by molar-refractivity contribution is 5.77. The molecule has 0 aliphatic heterocycles. The van der Waals surface area contributed by atoms with Gasteiger partial charge in [-0.15, -0.1) is 0 Å². The molecule has 0 aliphatic carbocycles. The van der Waals surface area contributed by atoms with E-state index in [2.05, 4.69) is 38.7 Å². The highest BCUT2D eigenvalue weighted by atomic mass is 16.3. The minimum absolute atomic E-state index is 0.345. The number of para-hydroxylation sites is 1. The van der Waals surface area contributed by atoms with Gasteiger partial charge in [0, 0.05) is 5.92 Å². The number of hydrogen-bond acceptors (Lipinski definition) is 2. The molecule has 1 aromatic heterocycles. The molecular formula is C13H17NO. The minimum Gasteiger partial charge on any atom is -0.440 e. The molecule has 80 valence electrons. The predicted molar refractivity (Wildman–Crippen MR) is 62.2 cm³/mol. The molecule has 0 spiro atoms. The summed E-state index contributed by atoms with van der Waals surface area (Å²) in [5, 5.41) is 0. The van der Waals surface area contributed by atoms with E-state index in [1.807, 2.05) is 12.1 Å². The van der Waals surface area contributed by atoms with E-state index in [4.69, 9.17) is 4.42 Å². The van der Waals surface area contributed by atoms with Crippen molar-refractivity contribution in [2.45, 2.75) is 39.5 Å². The molecule has 0 amide bonds. The SMILES string of the molecule is CC(C)c1nc2c(C(C)C)cccc2o1. The smallest absolute Gasteiger partial charge is 0.198 e. The molecule has 0 aliphatic rings. The van der Waals surface area contributed by atoms with Crippen molar-refractivity contribution in [1.82, 2.24) is 4.98 Å². The fourth-order valence-electron chi connectivity index (χ4n) is 1.70. The van der Waals surface area contributed by atoms with Crippen LogP contribution in [0.15, 0.2) is 22.6 Å². The van der Waals surface area contributed by atoms with Crippen LogP contribution in [0.4, 0.5) is 0 Å². The third-order valence-electron chi connectivity index (χ3n) is 2.58. The van der Waals surface area contributed by atoms with Gasteiger partial charge in [0.15, 0.2) is 11.5 Å². The summed E-state index contributed by atoms with van der Waals surface area (Å²) in [6.45, 7) is 8.55. The fourth-order valence-corrected chi connectivity index (χ4v) is 1.70. The van der Waals surface area contributed by atoms with E-state index in [0.717, 1.165) is 17.0 Å². The van der Waals surface area contributed by atoms with Crippen LogP contribution in [-0.4, -0.2) is 4.98 Å². The van der Waals surface area contributed by atoms with Crippen LogP contribution in [0, 0.1) is 0 Å². The van der Waals surface area contributed by atoms with Crippen LogP contribution in [0.1, 0.15) is 51.0 Å². The average Bonchev–Trinajstić information content (AvgIpc) is 2.60. The normalized spacial score (nSPS) is 11.9. The lowest BCUT2D eigenvalue weighted by molar-refractivity contribution is 0.501. The number of rotatable bonds is 2. The molecule has 1 aromatic carbocycles. The molecule has 0 saturated carbocycles. The topological polar surface area (TPSA) is 26.0 Å². The van der Waals surface area contributed by atoms with Crippen molar-refractivity contribution in [3.05, 3.63) is 29.7 Å². The van der Waals surface area contributed by atoms with Crippen molar-refractivity contribution in [2.75, 3.05) is 0 Å². The molecule has 0 radical (unpaired) electrons. The molecule has 15 heavy (non-hydrogen) atoms. The van der Waals surface area contributed by atoms with Crippen molar-refractivity contribution in [2.24, 2.45) is 0 Å². The van der Waals surface area contributed by atoms with Crippen molar-refractivity contribution in [1.29, 1.82) is 0 Å². The van der Waals surface area contributed by atoms with Crippen molar-refractivity contribution < 1.29 is 4.42 Å². The third-order valence-corrected chi connectivity index (χ3v) is 2.58. The van der Waals surface area contributed by atoms with E-state index in [9.17, 15) is 0 Å². The van der Waals surface area contributed by atoms with Gasteiger partial charge in [0.2, 0.25) is 0 Å². The Morgan fingerprint density at radius 1 is 1.07 bits per heavy atom. The number of benzene rings is 1. The van der Waals surface area contributed by atoms with E-state index >= 15 is 0 Å². The summed E-state index contributed by atoms with van der Waals surface area (Å²) in [5.74, 6) is 1.66. The summed E-state index contributed by atoms with van der Waals surface area (Å²) in [6, 6.07) is 6.15. The van der Waals surface area contributed by atoms with Crippen molar-refractivity contribution in [3.8, 4) is 0 Å². The third kappa shape index (κ3) is 1.76. The zero-order valence-electron chi connectivity index (χ0n) is 9.74. The molecule has 2 rings (SSSR count). The maximum Gasteiger partial charge on any atom is 0.198 e. The Bertz CT molecular complexity index is 468. The van der Waals surface area contributed by atoms with Gasteiger partial charge in [0.25, 0.3) is 0 Å². The Labute approximate surface area is 90.3 Å². The summed E-state index contributed by atoms with van der Waals surface area (Å²) in [7, 11) is 0. The first-order valence-electron chi connectivity index (χ1n) is 5.49. The second kappa shape index (κ2) is 3.69. The zero-order valence-corrected chi connectivity index (χ0v) is 9.74. The highest BCUT2D eigenvalue weighted by Gasteiger charge is 2.13. The summed E-state index contributed by atoms with van der Waals surface area (Å²) in [6.07, 6.45) is 0. The Balaban J connectivity index is 2.64. The monoisotopic (exact) mass is 203 g/mol. The lowest BCUT2D eigenvalue weighted by atomic mass is 10.0. The first-order chi connectivity index (χ1) is 7.09. The standard InChI is InChI=1S/C13H17NO/c1-8(2)10-6-5-7-11-12(10)14-13(15-11)9(3)4/h5-9H,1-4H3. The van der Waals surface area contributed by atoms with Gasteiger partial charge in [0.1, 0.15) is 5.52 Å². The van der Waals surface area contributed by atoms with Gasteiger partial charge in [-0.2, -0.15) is 0 Å². The number of nitrogens with zero attached hydrogens (tertiary/aromatic N) is 1. The van der Waals surface area contributed by atoms with E-state index in [-0.39, 0.29) is 0 Å². The van der Waals surface area contributed by atoms with E-state index in [1.165, 1.54) is 5.56 Å². The molecule has 1 heterocycles. The molecule has 0 unspecified atom stereocenters. The van der Waals surface area contributed by atoms with Crippen LogP contribution >= 0.6 is 0 Å². The van der Waals surface area contributed by atoms with E-state index in [1.54, 1.807) is 0 Å². The molecule has 0 fully saturated rings. The summed E-state index contributed by atoms with van der Waals surface area (Å²) in [5.41, 5.74) is 3.20. The average molecular weight is 203 g/mol. The Hall–Kier alpha value is -1.31. The lowest BCUT2D eigenvalue weighted by Crippen LogP contribution is -1.89. The second-order valence-electron chi connectivity index (χ2n) is 4.56. The Morgan fingerprint density at radius 3 is 2.40 bits per heavy atom. The van der Waals surface area contributed by atoms with E-state index < -0.39 is 0 Å². The number of oxazole rings is 1. The Morgan fingerprint density at radius 2 is 1.80 bits per heavy atom. The molecule has 2 heteroatoms. The van der Waals surface area contributed by atoms with Crippen LogP contribution in [0.2, 0.25) is 0 Å². The Kier molecular flexibility index (Phi) is 2.51. The maximum absolute atomic E-state index is 5.71. The zero-order chi connectivity index (χ0) is 11.0. The van der Waals surface area contributed by atoms with Crippen LogP contribution < -0.4 is 0 Å². The van der Waals surface area contributed by atoms with Crippen LogP contribution in [0.25, 0.3) is 11.1 Å². The molecule has 0 N–H and O–H groups in total. The number of fused-ring (bicyclic) bond motifs is 1. The number of aromatic nitrogens is 1. The van der Waals surface area contributed by atoms with Crippen molar-refractivity contribution in [3.63, 3.8) is 0 Å². The lowest BCUT2D eigenvalue weighted by Gasteiger charge is -2.03. The minimum atomic E-state index is 0.345. The molecule has 0 bridgehead atoms. The fraction of sp³-hybridized carbons (Fsp3) is 0.462. The molecule has 0 saturated heterocycles. The molecular weight excluding hydrogens is 186 g/mol. The van der Waals surface area contributed by atoms with E-state index in [0.29, 0.717) is 11.8 Å². The number of hydrogen-bond donors (Lipinski definition) is 0. The van der Waals surface area contributed by atoms with Gasteiger partial charge in [-0.25, -0.2) is 4.98 Å². The summed E-state index contributed by atoms with van der Waals surface area (Å²) in [4.78, 5) is 4.57. The van der Waals surface area contributed by atoms with Gasteiger partial charge >= 0.3 is 0 Å². The summed E-state index contributed by atoms with van der Waals surface area (Å²) >= 11 is 0. The van der Waals surface area contributed by atoms with Gasteiger partial charge in [0.05, 0.1) is 0 Å². The quantitative estimate of drug-likeness (QED) is 0.735. The van der Waals surface area contributed by atoms with Gasteiger partial charge in [-0.1, -0.05) is 39.8 Å². The summed E-state index contributed by atoms with van der Waals surface area (Å²) < 4.78 is 5.71.